The van der Waals surface area contributed by atoms with Crippen molar-refractivity contribution in [2.75, 3.05) is 36.4 Å². The number of anilines is 2. The van der Waals surface area contributed by atoms with Gasteiger partial charge in [-0.15, -0.1) is 0 Å². The average Bonchev–Trinajstić information content (AvgIpc) is 2.64. The summed E-state index contributed by atoms with van der Waals surface area (Å²) in [6.45, 7) is 9.52. The maximum absolute atomic E-state index is 12.6. The van der Waals surface area contributed by atoms with Crippen molar-refractivity contribution >= 4 is 23.2 Å². The Hall–Kier alpha value is -2.04. The summed E-state index contributed by atoms with van der Waals surface area (Å²) in [5.74, 6) is 0.0742. The van der Waals surface area contributed by atoms with Crippen molar-refractivity contribution in [3.63, 3.8) is 0 Å². The highest BCUT2D eigenvalue weighted by molar-refractivity contribution is 5.93. The summed E-state index contributed by atoms with van der Waals surface area (Å²) in [5, 5.41) is 3.01. The minimum absolute atomic E-state index is 0.0181. The van der Waals surface area contributed by atoms with Crippen LogP contribution < -0.4 is 10.2 Å². The van der Waals surface area contributed by atoms with Gasteiger partial charge in [0.25, 0.3) is 0 Å². The van der Waals surface area contributed by atoms with E-state index in [0.29, 0.717) is 13.0 Å². The minimum Gasteiger partial charge on any atom is -0.372 e. The van der Waals surface area contributed by atoms with Gasteiger partial charge in [0.05, 0.1) is 5.92 Å². The van der Waals surface area contributed by atoms with Gasteiger partial charge in [-0.2, -0.15) is 0 Å². The van der Waals surface area contributed by atoms with Gasteiger partial charge < -0.3 is 15.1 Å². The fourth-order valence-corrected chi connectivity index (χ4v) is 3.38. The van der Waals surface area contributed by atoms with E-state index in [2.05, 4.69) is 24.1 Å². The maximum Gasteiger partial charge on any atom is 0.229 e. The maximum atomic E-state index is 12.6. The number of carbonyl (C=O) groups excluding carboxylic acids is 2. The highest BCUT2D eigenvalue weighted by Gasteiger charge is 2.28. The van der Waals surface area contributed by atoms with Crippen LogP contribution in [0, 0.1) is 5.92 Å². The molecule has 1 aliphatic heterocycles. The van der Waals surface area contributed by atoms with Crippen molar-refractivity contribution in [3.8, 4) is 0 Å². The van der Waals surface area contributed by atoms with Gasteiger partial charge in [-0.3, -0.25) is 9.59 Å². The molecule has 0 bridgehead atoms. The van der Waals surface area contributed by atoms with Crippen molar-refractivity contribution in [2.24, 2.45) is 5.92 Å². The third kappa shape index (κ3) is 5.21. The monoisotopic (exact) mass is 345 g/mol. The summed E-state index contributed by atoms with van der Waals surface area (Å²) < 4.78 is 0. The first-order valence-electron chi connectivity index (χ1n) is 9.52. The van der Waals surface area contributed by atoms with Crippen LogP contribution in [-0.4, -0.2) is 42.9 Å². The molecule has 1 unspecified atom stereocenters. The van der Waals surface area contributed by atoms with Crippen molar-refractivity contribution in [3.05, 3.63) is 24.3 Å². The number of hydrogen-bond acceptors (Lipinski definition) is 3. The topological polar surface area (TPSA) is 52.7 Å². The Morgan fingerprint density at radius 3 is 2.44 bits per heavy atom. The number of amides is 2. The summed E-state index contributed by atoms with van der Waals surface area (Å²) in [6, 6.07) is 7.99. The van der Waals surface area contributed by atoms with Gasteiger partial charge >= 0.3 is 0 Å². The van der Waals surface area contributed by atoms with E-state index in [1.807, 2.05) is 36.1 Å². The van der Waals surface area contributed by atoms with E-state index in [1.54, 1.807) is 0 Å². The third-order valence-corrected chi connectivity index (χ3v) is 4.87. The molecule has 2 rings (SSSR count). The first-order valence-corrected chi connectivity index (χ1v) is 9.52. The molecule has 1 heterocycles. The molecule has 1 N–H and O–H groups in total. The lowest BCUT2D eigenvalue weighted by Gasteiger charge is -2.32. The summed E-state index contributed by atoms with van der Waals surface area (Å²) in [6.07, 6.45) is 3.17. The van der Waals surface area contributed by atoms with E-state index in [4.69, 9.17) is 0 Å². The Bertz CT molecular complexity index is 567. The highest BCUT2D eigenvalue weighted by Crippen LogP contribution is 2.21. The largest absolute Gasteiger partial charge is 0.372 e. The molecule has 1 aromatic carbocycles. The molecule has 1 saturated heterocycles. The SMILES string of the molecule is CCCC(=O)N1CCCC(C(=O)Nc2ccc(N(CC)CC)cc2)C1. The van der Waals surface area contributed by atoms with Crippen LogP contribution in [0.5, 0.6) is 0 Å². The average molecular weight is 345 g/mol. The van der Waals surface area contributed by atoms with Crippen LogP contribution in [-0.2, 0) is 9.59 Å². The smallest absolute Gasteiger partial charge is 0.229 e. The number of carbonyl (C=O) groups is 2. The molecule has 2 amide bonds. The van der Waals surface area contributed by atoms with Crippen LogP contribution in [0.3, 0.4) is 0 Å². The molecule has 0 radical (unpaired) electrons. The number of benzene rings is 1. The van der Waals surface area contributed by atoms with Crippen molar-refractivity contribution in [1.29, 1.82) is 0 Å². The third-order valence-electron chi connectivity index (χ3n) is 4.87. The van der Waals surface area contributed by atoms with Gasteiger partial charge in [0.2, 0.25) is 11.8 Å². The molecule has 138 valence electrons. The standard InChI is InChI=1S/C20H31N3O2/c1-4-8-19(24)23-14-7-9-16(15-23)20(25)21-17-10-12-18(13-11-17)22(5-2)6-3/h10-13,16H,4-9,14-15H2,1-3H3,(H,21,25). The van der Waals surface area contributed by atoms with E-state index < -0.39 is 0 Å². The molecule has 0 aromatic heterocycles. The van der Waals surface area contributed by atoms with Gasteiger partial charge in [-0.25, -0.2) is 0 Å². The second-order valence-electron chi connectivity index (χ2n) is 6.64. The summed E-state index contributed by atoms with van der Waals surface area (Å²) in [5.41, 5.74) is 1.98. The van der Waals surface area contributed by atoms with Crippen LogP contribution >= 0.6 is 0 Å². The molecule has 1 aliphatic rings. The van der Waals surface area contributed by atoms with Crippen LogP contribution in [0.2, 0.25) is 0 Å². The molecule has 5 heteroatoms. The Labute approximate surface area is 151 Å². The zero-order chi connectivity index (χ0) is 18.2. The van der Waals surface area contributed by atoms with Crippen LogP contribution in [0.4, 0.5) is 11.4 Å². The van der Waals surface area contributed by atoms with Gasteiger partial charge in [0.15, 0.2) is 0 Å². The fourth-order valence-electron chi connectivity index (χ4n) is 3.38. The number of likely N-dealkylation sites (tertiary alicyclic amines) is 1. The molecule has 5 nitrogen and oxygen atoms in total. The summed E-state index contributed by atoms with van der Waals surface area (Å²) in [4.78, 5) is 28.8. The first-order chi connectivity index (χ1) is 12.1. The van der Waals surface area contributed by atoms with Crippen LogP contribution in [0.1, 0.15) is 46.5 Å². The zero-order valence-electron chi connectivity index (χ0n) is 15.8. The zero-order valence-corrected chi connectivity index (χ0v) is 15.8. The lowest BCUT2D eigenvalue weighted by atomic mass is 9.96. The number of rotatable bonds is 7. The second kappa shape index (κ2) is 9.44. The Balaban J connectivity index is 1.93. The van der Waals surface area contributed by atoms with E-state index in [-0.39, 0.29) is 17.7 Å². The fraction of sp³-hybridized carbons (Fsp3) is 0.600. The molecule has 0 saturated carbocycles. The van der Waals surface area contributed by atoms with Gasteiger partial charge in [-0.05, 0) is 57.4 Å². The van der Waals surface area contributed by atoms with Crippen LogP contribution in [0.15, 0.2) is 24.3 Å². The van der Waals surface area contributed by atoms with Gasteiger partial charge in [0, 0.05) is 44.0 Å². The predicted octanol–water partition coefficient (Wildman–Crippen LogP) is 3.51. The van der Waals surface area contributed by atoms with E-state index in [0.717, 1.165) is 50.3 Å². The highest BCUT2D eigenvalue weighted by atomic mass is 16.2. The minimum atomic E-state index is -0.114. The van der Waals surface area contributed by atoms with Crippen molar-refractivity contribution in [1.82, 2.24) is 4.90 Å². The number of piperidine rings is 1. The summed E-state index contributed by atoms with van der Waals surface area (Å²) >= 11 is 0. The first kappa shape index (κ1) is 19.3. The molecular weight excluding hydrogens is 314 g/mol. The number of nitrogens with one attached hydrogen (secondary N) is 1. The molecule has 1 aromatic rings. The van der Waals surface area contributed by atoms with Crippen molar-refractivity contribution < 1.29 is 9.59 Å². The van der Waals surface area contributed by atoms with Crippen molar-refractivity contribution in [2.45, 2.75) is 46.5 Å². The molecular formula is C20H31N3O2. The molecule has 25 heavy (non-hydrogen) atoms. The normalized spacial score (nSPS) is 17.2. The van der Waals surface area contributed by atoms with E-state index in [1.165, 1.54) is 0 Å². The van der Waals surface area contributed by atoms with Gasteiger partial charge in [-0.1, -0.05) is 6.92 Å². The second-order valence-corrected chi connectivity index (χ2v) is 6.64. The Kier molecular flexibility index (Phi) is 7.29. The molecule has 1 atom stereocenters. The van der Waals surface area contributed by atoms with Crippen LogP contribution in [0.25, 0.3) is 0 Å². The van der Waals surface area contributed by atoms with Gasteiger partial charge in [0.1, 0.15) is 0 Å². The molecule has 0 aliphatic carbocycles. The molecule has 0 spiro atoms. The number of hydrogen-bond donors (Lipinski definition) is 1. The quantitative estimate of drug-likeness (QED) is 0.823. The Morgan fingerprint density at radius 1 is 1.16 bits per heavy atom. The Morgan fingerprint density at radius 2 is 1.84 bits per heavy atom. The number of nitrogens with zero attached hydrogens (tertiary/aromatic N) is 2. The van der Waals surface area contributed by atoms with E-state index >= 15 is 0 Å². The lowest BCUT2D eigenvalue weighted by Crippen LogP contribution is -2.43. The molecule has 1 fully saturated rings. The summed E-state index contributed by atoms with van der Waals surface area (Å²) in [7, 11) is 0. The van der Waals surface area contributed by atoms with E-state index in [9.17, 15) is 9.59 Å². The lowest BCUT2D eigenvalue weighted by molar-refractivity contribution is -0.134. The predicted molar refractivity (Wildman–Crippen MR) is 103 cm³/mol.